The molecular formula is C26H30N4O5. The summed E-state index contributed by atoms with van der Waals surface area (Å²) >= 11 is 0. The van der Waals surface area contributed by atoms with E-state index in [2.05, 4.69) is 5.10 Å². The van der Waals surface area contributed by atoms with Crippen molar-refractivity contribution < 1.29 is 24.5 Å². The first-order valence-electron chi connectivity index (χ1n) is 11.7. The molecule has 0 spiro atoms. The van der Waals surface area contributed by atoms with Crippen molar-refractivity contribution in [2.45, 2.75) is 38.3 Å². The van der Waals surface area contributed by atoms with Crippen LogP contribution in [0.5, 0.6) is 11.5 Å². The summed E-state index contributed by atoms with van der Waals surface area (Å²) in [5, 5.41) is 22.7. The topological polar surface area (TPSA) is 131 Å². The maximum Gasteiger partial charge on any atom is 0.252 e. The number of hydrogen-bond acceptors (Lipinski definition) is 6. The number of carbonyl (C=O) groups is 2. The number of nitrogens with two attached hydrogens (primary N) is 1. The van der Waals surface area contributed by atoms with E-state index in [1.165, 1.54) is 0 Å². The molecule has 1 aliphatic heterocycles. The van der Waals surface area contributed by atoms with E-state index >= 15 is 0 Å². The molecule has 9 heteroatoms. The molecule has 1 saturated heterocycles. The molecule has 0 radical (unpaired) electrons. The molecule has 0 aliphatic carbocycles. The number of carbonyl (C=O) groups excluding carboxylic acids is 2. The van der Waals surface area contributed by atoms with Gasteiger partial charge in [0.2, 0.25) is 5.91 Å². The molecule has 9 nitrogen and oxygen atoms in total. The van der Waals surface area contributed by atoms with Crippen molar-refractivity contribution in [1.82, 2.24) is 14.7 Å². The number of aliphatic hydroxyl groups is 1. The van der Waals surface area contributed by atoms with Gasteiger partial charge in [0.05, 0.1) is 18.2 Å². The van der Waals surface area contributed by atoms with E-state index in [1.54, 1.807) is 47.3 Å². The van der Waals surface area contributed by atoms with Gasteiger partial charge in [0.25, 0.3) is 5.91 Å². The number of phenolic OH excluding ortho intramolecular Hbond substituents is 1. The lowest BCUT2D eigenvalue weighted by atomic mass is 10.0. The van der Waals surface area contributed by atoms with Crippen LogP contribution in [0.1, 0.15) is 35.2 Å². The van der Waals surface area contributed by atoms with Crippen LogP contribution in [0.2, 0.25) is 0 Å². The Bertz CT molecular complexity index is 1170. The third-order valence-electron chi connectivity index (χ3n) is 6.14. The fourth-order valence-electron chi connectivity index (χ4n) is 4.18. The third-order valence-corrected chi connectivity index (χ3v) is 6.14. The van der Waals surface area contributed by atoms with Gasteiger partial charge in [-0.1, -0.05) is 18.2 Å². The van der Waals surface area contributed by atoms with Crippen LogP contribution in [0.25, 0.3) is 11.1 Å². The number of amides is 2. The van der Waals surface area contributed by atoms with E-state index in [9.17, 15) is 14.7 Å². The van der Waals surface area contributed by atoms with Gasteiger partial charge in [-0.15, -0.1) is 0 Å². The summed E-state index contributed by atoms with van der Waals surface area (Å²) in [4.78, 5) is 26.6. The maximum absolute atomic E-state index is 12.6. The fourth-order valence-corrected chi connectivity index (χ4v) is 4.18. The molecule has 1 aromatic heterocycles. The Balaban J connectivity index is 1.36. The van der Waals surface area contributed by atoms with E-state index in [1.807, 2.05) is 17.2 Å². The molecule has 4 rings (SSSR count). The van der Waals surface area contributed by atoms with Crippen LogP contribution in [0.4, 0.5) is 0 Å². The lowest BCUT2D eigenvalue weighted by Gasteiger charge is -2.32. The van der Waals surface area contributed by atoms with Crippen molar-refractivity contribution in [3.8, 4) is 22.6 Å². The van der Waals surface area contributed by atoms with Gasteiger partial charge >= 0.3 is 0 Å². The largest absolute Gasteiger partial charge is 0.508 e. The molecule has 0 saturated carbocycles. The van der Waals surface area contributed by atoms with Crippen molar-refractivity contribution >= 4 is 11.8 Å². The molecule has 4 N–H and O–H groups in total. The Kier molecular flexibility index (Phi) is 7.67. The van der Waals surface area contributed by atoms with E-state index in [4.69, 9.17) is 15.6 Å². The normalized spacial score (nSPS) is 14.1. The standard InChI is InChI=1S/C26H30N4O5/c27-26(34)23-15-19(20-16-28-30(17-20)10-1-13-31)4-7-24(23)35-22-8-11-29(12-9-22)25(33)14-18-2-5-21(32)6-3-18/h2-7,15-17,22,31-32H,1,8-14H2,(H2,27,34). The van der Waals surface area contributed by atoms with E-state index in [0.717, 1.165) is 16.7 Å². The van der Waals surface area contributed by atoms with Crippen LogP contribution in [-0.4, -0.2) is 62.5 Å². The molecule has 1 aliphatic rings. The van der Waals surface area contributed by atoms with Crippen LogP contribution < -0.4 is 10.5 Å². The third kappa shape index (κ3) is 6.19. The number of aliphatic hydroxyl groups excluding tert-OH is 1. The van der Waals surface area contributed by atoms with E-state index < -0.39 is 5.91 Å². The van der Waals surface area contributed by atoms with E-state index in [-0.39, 0.29) is 30.8 Å². The van der Waals surface area contributed by atoms with Crippen molar-refractivity contribution in [3.05, 3.63) is 66.0 Å². The molecule has 0 unspecified atom stereocenters. The van der Waals surface area contributed by atoms with Gasteiger partial charge in [0, 0.05) is 50.8 Å². The Labute approximate surface area is 203 Å². The summed E-state index contributed by atoms with van der Waals surface area (Å²) in [7, 11) is 0. The van der Waals surface area contributed by atoms with Gasteiger partial charge in [0.1, 0.15) is 17.6 Å². The SMILES string of the molecule is NC(=O)c1cc(-c2cnn(CCCO)c2)ccc1OC1CCN(C(=O)Cc2ccc(O)cc2)CC1. The second-order valence-electron chi connectivity index (χ2n) is 8.69. The first kappa shape index (κ1) is 24.3. The summed E-state index contributed by atoms with van der Waals surface area (Å²) in [5.41, 5.74) is 8.45. The van der Waals surface area contributed by atoms with Gasteiger partial charge in [-0.25, -0.2) is 0 Å². The first-order chi connectivity index (χ1) is 16.9. The highest BCUT2D eigenvalue weighted by Gasteiger charge is 2.25. The predicted molar refractivity (Wildman–Crippen MR) is 130 cm³/mol. The minimum Gasteiger partial charge on any atom is -0.508 e. The average Bonchev–Trinajstić information content (AvgIpc) is 3.33. The number of phenols is 1. The zero-order chi connectivity index (χ0) is 24.8. The minimum absolute atomic E-state index is 0.0378. The number of benzene rings is 2. The molecular weight excluding hydrogens is 448 g/mol. The molecule has 1 fully saturated rings. The van der Waals surface area contributed by atoms with Crippen LogP contribution in [0.15, 0.2) is 54.9 Å². The molecule has 0 atom stereocenters. The Morgan fingerprint density at radius 1 is 1.09 bits per heavy atom. The highest BCUT2D eigenvalue weighted by atomic mass is 16.5. The number of rotatable bonds is 9. The number of ether oxygens (including phenoxy) is 1. The number of hydrogen-bond donors (Lipinski definition) is 3. The number of likely N-dealkylation sites (tertiary alicyclic amines) is 1. The number of aromatic hydroxyl groups is 1. The van der Waals surface area contributed by atoms with Gasteiger partial charge < -0.3 is 25.6 Å². The smallest absolute Gasteiger partial charge is 0.252 e. The van der Waals surface area contributed by atoms with Crippen molar-refractivity contribution in [2.24, 2.45) is 5.73 Å². The minimum atomic E-state index is -0.573. The Morgan fingerprint density at radius 3 is 2.51 bits per heavy atom. The zero-order valence-corrected chi connectivity index (χ0v) is 19.5. The number of piperidine rings is 1. The molecule has 2 amide bonds. The lowest BCUT2D eigenvalue weighted by Crippen LogP contribution is -2.42. The van der Waals surface area contributed by atoms with Gasteiger partial charge in [-0.05, 0) is 41.8 Å². The monoisotopic (exact) mass is 478 g/mol. The van der Waals surface area contributed by atoms with Crippen molar-refractivity contribution in [1.29, 1.82) is 0 Å². The van der Waals surface area contributed by atoms with Crippen LogP contribution in [-0.2, 0) is 17.8 Å². The maximum atomic E-state index is 12.6. The van der Waals surface area contributed by atoms with Crippen LogP contribution >= 0.6 is 0 Å². The number of primary amides is 1. The highest BCUT2D eigenvalue weighted by molar-refractivity contribution is 5.97. The van der Waals surface area contributed by atoms with Crippen molar-refractivity contribution in [3.63, 3.8) is 0 Å². The average molecular weight is 479 g/mol. The Morgan fingerprint density at radius 2 is 1.83 bits per heavy atom. The summed E-state index contributed by atoms with van der Waals surface area (Å²) < 4.78 is 7.89. The molecule has 184 valence electrons. The molecule has 2 aromatic carbocycles. The molecule has 35 heavy (non-hydrogen) atoms. The van der Waals surface area contributed by atoms with Crippen molar-refractivity contribution in [2.75, 3.05) is 19.7 Å². The molecule has 0 bridgehead atoms. The second kappa shape index (κ2) is 11.1. The van der Waals surface area contributed by atoms with E-state index in [0.29, 0.717) is 50.2 Å². The number of nitrogens with zero attached hydrogens (tertiary/aromatic N) is 3. The summed E-state index contributed by atoms with van der Waals surface area (Å²) in [6, 6.07) is 12.0. The fraction of sp³-hybridized carbons (Fsp3) is 0.346. The lowest BCUT2D eigenvalue weighted by molar-refractivity contribution is -0.132. The summed E-state index contributed by atoms with van der Waals surface area (Å²) in [6.07, 6.45) is 5.65. The van der Waals surface area contributed by atoms with Gasteiger partial charge in [-0.3, -0.25) is 14.3 Å². The second-order valence-corrected chi connectivity index (χ2v) is 8.69. The van der Waals surface area contributed by atoms with Gasteiger partial charge in [0.15, 0.2) is 0 Å². The van der Waals surface area contributed by atoms with Crippen LogP contribution in [0.3, 0.4) is 0 Å². The molecule has 2 heterocycles. The summed E-state index contributed by atoms with van der Waals surface area (Å²) in [6.45, 7) is 1.84. The van der Waals surface area contributed by atoms with Crippen LogP contribution in [0, 0.1) is 0 Å². The highest BCUT2D eigenvalue weighted by Crippen LogP contribution is 2.29. The quantitative estimate of drug-likeness (QED) is 0.433. The molecule has 3 aromatic rings. The zero-order valence-electron chi connectivity index (χ0n) is 19.5. The predicted octanol–water partition coefficient (Wildman–Crippen LogP) is 2.35. The number of aryl methyl sites for hydroxylation is 1. The Hall–Kier alpha value is -3.85. The number of aromatic nitrogens is 2. The first-order valence-corrected chi connectivity index (χ1v) is 11.7. The summed E-state index contributed by atoms with van der Waals surface area (Å²) in [5.74, 6) is 0.0744. The van der Waals surface area contributed by atoms with Gasteiger partial charge in [-0.2, -0.15) is 5.10 Å².